The number of carbonyl (C=O) groups is 2. The first-order valence-corrected chi connectivity index (χ1v) is 9.56. The zero-order chi connectivity index (χ0) is 21.5. The minimum absolute atomic E-state index is 0.00728. The van der Waals surface area contributed by atoms with E-state index < -0.39 is 22.0 Å². The first-order valence-electron chi connectivity index (χ1n) is 8.68. The van der Waals surface area contributed by atoms with Crippen LogP contribution in [-0.4, -0.2) is 38.5 Å². The highest BCUT2D eigenvalue weighted by molar-refractivity contribution is 8.15. The van der Waals surface area contributed by atoms with Gasteiger partial charge in [-0.2, -0.15) is 5.10 Å². The van der Waals surface area contributed by atoms with E-state index in [1.807, 2.05) is 0 Å². The van der Waals surface area contributed by atoms with E-state index in [9.17, 15) is 19.7 Å². The molecule has 11 heteroatoms. The van der Waals surface area contributed by atoms with Crippen molar-refractivity contribution >= 4 is 40.7 Å². The molecule has 154 valence electrons. The summed E-state index contributed by atoms with van der Waals surface area (Å²) in [5.74, 6) is -0.943. The Hall–Kier alpha value is -3.73. The van der Waals surface area contributed by atoms with Gasteiger partial charge >= 0.3 is 5.97 Å². The van der Waals surface area contributed by atoms with Gasteiger partial charge in [-0.25, -0.2) is 0 Å². The predicted octanol–water partition coefficient (Wildman–Crippen LogP) is 2.57. The molecule has 1 saturated heterocycles. The van der Waals surface area contributed by atoms with Crippen molar-refractivity contribution in [3.05, 3.63) is 69.8 Å². The quantitative estimate of drug-likeness (QED) is 0.373. The van der Waals surface area contributed by atoms with E-state index in [-0.39, 0.29) is 23.9 Å². The van der Waals surface area contributed by atoms with Gasteiger partial charge in [0, 0.05) is 17.7 Å². The molecule has 0 saturated carbocycles. The molecular formula is C19H16N4O6S. The van der Waals surface area contributed by atoms with Crippen LogP contribution < -0.4 is 10.1 Å². The number of hydrogen-bond donors (Lipinski definition) is 2. The SMILES string of the molecule is O=C(O)CC1SC(=NN=Cc2ccccc2OCc2ccc([N+](=O)[O-])cc2)NC1=O. The molecule has 1 aliphatic heterocycles. The highest BCUT2D eigenvalue weighted by Gasteiger charge is 2.32. The number of carboxylic acids is 1. The molecule has 0 aromatic heterocycles. The molecule has 1 unspecified atom stereocenters. The average molecular weight is 428 g/mol. The monoisotopic (exact) mass is 428 g/mol. The van der Waals surface area contributed by atoms with Crippen LogP contribution in [0.5, 0.6) is 5.75 Å². The van der Waals surface area contributed by atoms with Crippen LogP contribution in [0.2, 0.25) is 0 Å². The predicted molar refractivity (Wildman–Crippen MR) is 111 cm³/mol. The molecule has 2 aromatic carbocycles. The van der Waals surface area contributed by atoms with Crippen molar-refractivity contribution in [3.63, 3.8) is 0 Å². The summed E-state index contributed by atoms with van der Waals surface area (Å²) in [6.45, 7) is 0.208. The molecule has 1 aliphatic rings. The Balaban J connectivity index is 1.63. The van der Waals surface area contributed by atoms with E-state index in [0.717, 1.165) is 17.3 Å². The number of ether oxygens (including phenoxy) is 1. The van der Waals surface area contributed by atoms with Crippen molar-refractivity contribution in [1.82, 2.24) is 5.32 Å². The zero-order valence-corrected chi connectivity index (χ0v) is 16.2. The molecular weight excluding hydrogens is 412 g/mol. The van der Waals surface area contributed by atoms with Crippen molar-refractivity contribution in [2.24, 2.45) is 10.2 Å². The second-order valence-electron chi connectivity index (χ2n) is 6.09. The van der Waals surface area contributed by atoms with E-state index in [0.29, 0.717) is 11.3 Å². The first-order chi connectivity index (χ1) is 14.4. The number of hydrogen-bond acceptors (Lipinski definition) is 8. The first kappa shape index (κ1) is 21.0. The Labute approximate surface area is 174 Å². The maximum absolute atomic E-state index is 11.7. The Morgan fingerprint density at radius 2 is 2.00 bits per heavy atom. The Bertz CT molecular complexity index is 1020. The van der Waals surface area contributed by atoms with Gasteiger partial charge in [-0.05, 0) is 29.8 Å². The number of nitrogens with zero attached hydrogens (tertiary/aromatic N) is 3. The standard InChI is InChI=1S/C19H16N4O6S/c24-17(25)9-16-18(26)21-19(30-16)22-20-10-13-3-1-2-4-15(13)29-11-12-5-7-14(8-6-12)23(27)28/h1-8,10,16H,9,11H2,(H,24,25)(H,21,22,26). The molecule has 0 aliphatic carbocycles. The van der Waals surface area contributed by atoms with Crippen LogP contribution >= 0.6 is 11.8 Å². The van der Waals surface area contributed by atoms with E-state index >= 15 is 0 Å². The largest absolute Gasteiger partial charge is 0.488 e. The van der Waals surface area contributed by atoms with Gasteiger partial charge in [-0.15, -0.1) is 5.10 Å². The summed E-state index contributed by atoms with van der Waals surface area (Å²) in [4.78, 5) is 32.7. The number of rotatable bonds is 8. The topological polar surface area (TPSA) is 143 Å². The highest BCUT2D eigenvalue weighted by Crippen LogP contribution is 2.23. The van der Waals surface area contributed by atoms with Gasteiger partial charge in [0.05, 0.1) is 17.6 Å². The van der Waals surface area contributed by atoms with Gasteiger partial charge in [0.1, 0.15) is 17.6 Å². The van der Waals surface area contributed by atoms with Crippen molar-refractivity contribution in [3.8, 4) is 5.75 Å². The molecule has 1 atom stereocenters. The number of amidine groups is 1. The van der Waals surface area contributed by atoms with Crippen LogP contribution in [0.15, 0.2) is 58.7 Å². The lowest BCUT2D eigenvalue weighted by Gasteiger charge is -2.08. The summed E-state index contributed by atoms with van der Waals surface area (Å²) in [5.41, 5.74) is 1.41. The molecule has 10 nitrogen and oxygen atoms in total. The smallest absolute Gasteiger partial charge is 0.305 e. The number of nitro benzene ring substituents is 1. The van der Waals surface area contributed by atoms with Crippen LogP contribution in [0.1, 0.15) is 17.5 Å². The minimum Gasteiger partial charge on any atom is -0.488 e. The van der Waals surface area contributed by atoms with Gasteiger partial charge in [0.2, 0.25) is 5.91 Å². The Morgan fingerprint density at radius 3 is 2.70 bits per heavy atom. The van der Waals surface area contributed by atoms with Crippen molar-refractivity contribution in [2.75, 3.05) is 0 Å². The number of benzene rings is 2. The third-order valence-corrected chi connectivity index (χ3v) is 5.01. The van der Waals surface area contributed by atoms with E-state index in [2.05, 4.69) is 15.5 Å². The Kier molecular flexibility index (Phi) is 6.75. The third-order valence-electron chi connectivity index (χ3n) is 3.94. The summed E-state index contributed by atoms with van der Waals surface area (Å²) in [7, 11) is 0. The van der Waals surface area contributed by atoms with Gasteiger partial charge in [0.25, 0.3) is 5.69 Å². The van der Waals surface area contributed by atoms with Crippen LogP contribution in [0.4, 0.5) is 5.69 Å². The molecule has 1 heterocycles. The lowest BCUT2D eigenvalue weighted by molar-refractivity contribution is -0.384. The number of nitro groups is 1. The summed E-state index contributed by atoms with van der Waals surface area (Å²) in [6, 6.07) is 13.2. The highest BCUT2D eigenvalue weighted by atomic mass is 32.2. The number of non-ortho nitro benzene ring substituents is 1. The van der Waals surface area contributed by atoms with Crippen molar-refractivity contribution in [2.45, 2.75) is 18.3 Å². The van der Waals surface area contributed by atoms with E-state index in [1.54, 1.807) is 36.4 Å². The number of amides is 1. The fraction of sp³-hybridized carbons (Fsp3) is 0.158. The summed E-state index contributed by atoms with van der Waals surface area (Å²) >= 11 is 1.01. The number of carbonyl (C=O) groups excluding carboxylic acids is 1. The molecule has 0 spiro atoms. The fourth-order valence-corrected chi connectivity index (χ4v) is 3.40. The van der Waals surface area contributed by atoms with Crippen molar-refractivity contribution in [1.29, 1.82) is 0 Å². The van der Waals surface area contributed by atoms with Gasteiger partial charge < -0.3 is 15.2 Å². The maximum atomic E-state index is 11.7. The molecule has 2 aromatic rings. The summed E-state index contributed by atoms with van der Waals surface area (Å²) < 4.78 is 5.77. The normalized spacial score (nSPS) is 17.3. The van der Waals surface area contributed by atoms with Crippen LogP contribution in [0.3, 0.4) is 0 Å². The minimum atomic E-state index is -1.06. The van der Waals surface area contributed by atoms with E-state index in [1.165, 1.54) is 18.3 Å². The van der Waals surface area contributed by atoms with E-state index in [4.69, 9.17) is 9.84 Å². The van der Waals surface area contributed by atoms with Crippen LogP contribution in [0.25, 0.3) is 0 Å². The molecule has 2 N–H and O–H groups in total. The van der Waals surface area contributed by atoms with Gasteiger partial charge in [0.15, 0.2) is 5.17 Å². The van der Waals surface area contributed by atoms with Crippen LogP contribution in [0, 0.1) is 10.1 Å². The lowest BCUT2D eigenvalue weighted by atomic mass is 10.2. The number of nitrogens with one attached hydrogen (secondary N) is 1. The molecule has 3 rings (SSSR count). The molecule has 1 fully saturated rings. The second-order valence-corrected chi connectivity index (χ2v) is 7.28. The number of para-hydroxylation sites is 1. The molecule has 0 radical (unpaired) electrons. The molecule has 1 amide bonds. The van der Waals surface area contributed by atoms with Gasteiger partial charge in [-0.1, -0.05) is 23.9 Å². The van der Waals surface area contributed by atoms with Gasteiger partial charge in [-0.3, -0.25) is 19.7 Å². The fourth-order valence-electron chi connectivity index (χ4n) is 2.48. The average Bonchev–Trinajstić information content (AvgIpc) is 3.06. The van der Waals surface area contributed by atoms with Crippen molar-refractivity contribution < 1.29 is 24.4 Å². The Morgan fingerprint density at radius 1 is 1.27 bits per heavy atom. The zero-order valence-electron chi connectivity index (χ0n) is 15.4. The molecule has 30 heavy (non-hydrogen) atoms. The number of thioether (sulfide) groups is 1. The number of carboxylic acid groups (broad SMARTS) is 1. The summed E-state index contributed by atoms with van der Waals surface area (Å²) in [5, 5.41) is 29.4. The summed E-state index contributed by atoms with van der Waals surface area (Å²) in [6.07, 6.45) is 1.16. The second kappa shape index (κ2) is 9.65. The number of aliphatic carboxylic acids is 1. The molecule has 0 bridgehead atoms. The maximum Gasteiger partial charge on any atom is 0.305 e. The lowest BCUT2D eigenvalue weighted by Crippen LogP contribution is -2.26. The third kappa shape index (κ3) is 5.64. The van der Waals surface area contributed by atoms with Crippen LogP contribution in [-0.2, 0) is 16.2 Å².